The number of ether oxygens (including phenoxy) is 1. The lowest BCUT2D eigenvalue weighted by Gasteiger charge is -2.45. The number of nitrogens with one attached hydrogen (secondary N) is 1. The molecule has 7 heteroatoms. The van der Waals surface area contributed by atoms with E-state index in [2.05, 4.69) is 48.0 Å². The Kier molecular flexibility index (Phi) is 6.88. The highest BCUT2D eigenvalue weighted by atomic mass is 32.1. The fourth-order valence-electron chi connectivity index (χ4n) is 4.36. The molecule has 0 aromatic heterocycles. The van der Waals surface area contributed by atoms with E-state index in [-0.39, 0.29) is 11.4 Å². The van der Waals surface area contributed by atoms with Gasteiger partial charge in [-0.3, -0.25) is 4.79 Å². The van der Waals surface area contributed by atoms with E-state index in [1.54, 1.807) is 7.11 Å². The van der Waals surface area contributed by atoms with Crippen LogP contribution in [0.5, 0.6) is 5.75 Å². The third-order valence-electron chi connectivity index (χ3n) is 5.88. The first kappa shape index (κ1) is 21.7. The predicted octanol–water partition coefficient (Wildman–Crippen LogP) is 2.87. The maximum Gasteiger partial charge on any atom is 0.222 e. The van der Waals surface area contributed by atoms with Crippen LogP contribution in [0.15, 0.2) is 24.3 Å². The van der Waals surface area contributed by atoms with Crippen molar-refractivity contribution in [2.24, 2.45) is 0 Å². The van der Waals surface area contributed by atoms with Crippen LogP contribution >= 0.6 is 12.2 Å². The molecular formula is C22H34N4O2S. The summed E-state index contributed by atoms with van der Waals surface area (Å²) in [4.78, 5) is 19.2. The van der Waals surface area contributed by atoms with Gasteiger partial charge in [0.2, 0.25) is 5.91 Å². The smallest absolute Gasteiger partial charge is 0.222 e. The van der Waals surface area contributed by atoms with Crippen LogP contribution in [-0.2, 0) is 4.79 Å². The van der Waals surface area contributed by atoms with Gasteiger partial charge in [-0.05, 0) is 58.0 Å². The highest BCUT2D eigenvalue weighted by molar-refractivity contribution is 7.80. The molecule has 1 amide bonds. The van der Waals surface area contributed by atoms with E-state index in [1.165, 1.54) is 0 Å². The van der Waals surface area contributed by atoms with Crippen molar-refractivity contribution in [1.29, 1.82) is 0 Å². The molecule has 1 aromatic rings. The van der Waals surface area contributed by atoms with Crippen LogP contribution in [0.25, 0.3) is 0 Å². The van der Waals surface area contributed by atoms with Crippen LogP contribution in [0.3, 0.4) is 0 Å². The lowest BCUT2D eigenvalue weighted by molar-refractivity contribution is -0.131. The van der Waals surface area contributed by atoms with Gasteiger partial charge in [-0.1, -0.05) is 6.07 Å². The molecule has 0 spiro atoms. The Bertz CT molecular complexity index is 731. The highest BCUT2D eigenvalue weighted by Gasteiger charge is 2.32. The number of rotatable bonds is 6. The molecule has 2 aliphatic rings. The van der Waals surface area contributed by atoms with Crippen LogP contribution in [-0.4, -0.2) is 72.2 Å². The van der Waals surface area contributed by atoms with Crippen molar-refractivity contribution in [2.45, 2.75) is 51.6 Å². The first-order valence-corrected chi connectivity index (χ1v) is 11.0. The highest BCUT2D eigenvalue weighted by Crippen LogP contribution is 2.24. The van der Waals surface area contributed by atoms with Crippen molar-refractivity contribution in [3.8, 4) is 5.75 Å². The molecular weight excluding hydrogens is 384 g/mol. The Morgan fingerprint density at radius 1 is 1.28 bits per heavy atom. The van der Waals surface area contributed by atoms with Crippen LogP contribution in [0, 0.1) is 0 Å². The largest absolute Gasteiger partial charge is 0.497 e. The fraction of sp³-hybridized carbons (Fsp3) is 0.636. The second-order valence-electron chi connectivity index (χ2n) is 8.73. The first-order valence-electron chi connectivity index (χ1n) is 10.5. The summed E-state index contributed by atoms with van der Waals surface area (Å²) in [5.41, 5.74) is 1.20. The number of carbonyl (C=O) groups excluding carboxylic acids is 1. The summed E-state index contributed by atoms with van der Waals surface area (Å²) in [5, 5.41) is 4.23. The standard InChI is InChI=1S/C22H34N4O2S/c1-17-16-22(2,3)23-21(29)26(17)10-6-9-20(27)25-13-11-24(12-14-25)18-7-5-8-19(15-18)28-4/h5,7-8,15,17H,6,9-14,16H2,1-4H3,(H,23,29)/t17-/m0/s1. The SMILES string of the molecule is COc1cccc(N2CCN(C(=O)CCCN3C(=S)NC(C)(C)C[C@@H]3C)CC2)c1. The van der Waals surface area contributed by atoms with E-state index >= 15 is 0 Å². The number of hydrogen-bond donors (Lipinski definition) is 1. The van der Waals surface area contributed by atoms with Crippen molar-refractivity contribution >= 4 is 28.9 Å². The average molecular weight is 419 g/mol. The van der Waals surface area contributed by atoms with Crippen molar-refractivity contribution in [2.75, 3.05) is 44.7 Å². The topological polar surface area (TPSA) is 48.1 Å². The maximum atomic E-state index is 12.7. The molecule has 1 atom stereocenters. The molecule has 0 unspecified atom stereocenters. The lowest BCUT2D eigenvalue weighted by atomic mass is 9.93. The second kappa shape index (κ2) is 9.20. The normalized spacial score (nSPS) is 21.7. The van der Waals surface area contributed by atoms with Crippen molar-refractivity contribution in [3.63, 3.8) is 0 Å². The third-order valence-corrected chi connectivity index (χ3v) is 6.22. The number of amides is 1. The lowest BCUT2D eigenvalue weighted by Crippen LogP contribution is -2.60. The predicted molar refractivity (Wildman–Crippen MR) is 122 cm³/mol. The minimum absolute atomic E-state index is 0.0469. The fourth-order valence-corrected chi connectivity index (χ4v) is 4.91. The third kappa shape index (κ3) is 5.53. The van der Waals surface area contributed by atoms with E-state index in [0.717, 1.165) is 62.1 Å². The molecule has 3 rings (SSSR count). The molecule has 1 N–H and O–H groups in total. The van der Waals surface area contributed by atoms with Crippen LogP contribution in [0.4, 0.5) is 5.69 Å². The quantitative estimate of drug-likeness (QED) is 0.717. The molecule has 6 nitrogen and oxygen atoms in total. The molecule has 2 fully saturated rings. The summed E-state index contributed by atoms with van der Waals surface area (Å²) < 4.78 is 5.32. The summed E-state index contributed by atoms with van der Waals surface area (Å²) >= 11 is 5.54. The Morgan fingerprint density at radius 2 is 2.00 bits per heavy atom. The van der Waals surface area contributed by atoms with Gasteiger partial charge in [-0.2, -0.15) is 0 Å². The molecule has 29 heavy (non-hydrogen) atoms. The summed E-state index contributed by atoms with van der Waals surface area (Å²) in [6.45, 7) is 10.7. The molecule has 0 aliphatic carbocycles. The average Bonchev–Trinajstić information content (AvgIpc) is 2.69. The summed E-state index contributed by atoms with van der Waals surface area (Å²) in [7, 11) is 1.68. The zero-order valence-corrected chi connectivity index (χ0v) is 18.9. The molecule has 0 bridgehead atoms. The van der Waals surface area contributed by atoms with E-state index < -0.39 is 0 Å². The number of anilines is 1. The molecule has 0 radical (unpaired) electrons. The van der Waals surface area contributed by atoms with Crippen LogP contribution < -0.4 is 15.0 Å². The Morgan fingerprint density at radius 3 is 2.66 bits per heavy atom. The molecule has 2 saturated heterocycles. The summed E-state index contributed by atoms with van der Waals surface area (Å²) in [5.74, 6) is 1.11. The number of piperazine rings is 1. The van der Waals surface area contributed by atoms with E-state index in [9.17, 15) is 4.79 Å². The Labute approximate surface area is 180 Å². The van der Waals surface area contributed by atoms with Gasteiger partial charge in [0.1, 0.15) is 5.75 Å². The molecule has 1 aromatic carbocycles. The monoisotopic (exact) mass is 418 g/mol. The molecule has 0 saturated carbocycles. The summed E-state index contributed by atoms with van der Waals surface area (Å²) in [6.07, 6.45) is 2.46. The van der Waals surface area contributed by atoms with Crippen LogP contribution in [0.2, 0.25) is 0 Å². The Balaban J connectivity index is 1.42. The van der Waals surface area contributed by atoms with Gasteiger partial charge in [0, 0.05) is 62.5 Å². The first-order chi connectivity index (χ1) is 13.8. The van der Waals surface area contributed by atoms with Crippen LogP contribution in [0.1, 0.15) is 40.0 Å². The van der Waals surface area contributed by atoms with Gasteiger partial charge in [0.05, 0.1) is 7.11 Å². The number of methoxy groups -OCH3 is 1. The van der Waals surface area contributed by atoms with E-state index in [4.69, 9.17) is 17.0 Å². The molecule has 2 aliphatic heterocycles. The zero-order chi connectivity index (χ0) is 21.0. The maximum absolute atomic E-state index is 12.7. The van der Waals surface area contributed by atoms with Crippen molar-refractivity contribution in [3.05, 3.63) is 24.3 Å². The minimum Gasteiger partial charge on any atom is -0.497 e. The van der Waals surface area contributed by atoms with Gasteiger partial charge >= 0.3 is 0 Å². The van der Waals surface area contributed by atoms with Crippen molar-refractivity contribution < 1.29 is 9.53 Å². The second-order valence-corrected chi connectivity index (χ2v) is 9.12. The zero-order valence-electron chi connectivity index (χ0n) is 18.1. The number of thiocarbonyl (C=S) groups is 1. The van der Waals surface area contributed by atoms with Gasteiger partial charge in [-0.15, -0.1) is 0 Å². The Hall–Kier alpha value is -2.02. The van der Waals surface area contributed by atoms with Gasteiger partial charge in [-0.25, -0.2) is 0 Å². The number of nitrogens with zero attached hydrogens (tertiary/aromatic N) is 3. The number of carbonyl (C=O) groups is 1. The van der Waals surface area contributed by atoms with Gasteiger partial charge < -0.3 is 24.8 Å². The number of hydrogen-bond acceptors (Lipinski definition) is 4. The minimum atomic E-state index is 0.0469. The van der Waals surface area contributed by atoms with Gasteiger partial charge in [0.25, 0.3) is 0 Å². The van der Waals surface area contributed by atoms with E-state index in [0.29, 0.717) is 12.5 Å². The summed E-state index contributed by atoms with van der Waals surface area (Å²) in [6, 6.07) is 8.51. The molecule has 2 heterocycles. The van der Waals surface area contributed by atoms with Gasteiger partial charge in [0.15, 0.2) is 5.11 Å². The van der Waals surface area contributed by atoms with E-state index in [1.807, 2.05) is 17.0 Å². The molecule has 160 valence electrons. The number of benzene rings is 1. The van der Waals surface area contributed by atoms with Crippen molar-refractivity contribution in [1.82, 2.24) is 15.1 Å².